The predicted molar refractivity (Wildman–Crippen MR) is 76.6 cm³/mol. The van der Waals surface area contributed by atoms with Gasteiger partial charge in [-0.05, 0) is 50.9 Å². The Kier molecular flexibility index (Phi) is 4.59. The summed E-state index contributed by atoms with van der Waals surface area (Å²) in [5.74, 6) is -1.11. The second-order valence-corrected chi connectivity index (χ2v) is 5.61. The summed E-state index contributed by atoms with van der Waals surface area (Å²) >= 11 is 0. The molecule has 0 amide bonds. The quantitative estimate of drug-likeness (QED) is 0.906. The minimum Gasteiger partial charge on any atom is -0.481 e. The van der Waals surface area contributed by atoms with Gasteiger partial charge in [-0.25, -0.2) is 0 Å². The number of carboxylic acid groups (broad SMARTS) is 1. The van der Waals surface area contributed by atoms with E-state index in [1.807, 2.05) is 26.0 Å². The van der Waals surface area contributed by atoms with Gasteiger partial charge in [0.25, 0.3) is 0 Å². The first kappa shape index (κ1) is 14.1. The van der Waals surface area contributed by atoms with E-state index in [0.29, 0.717) is 6.54 Å². The number of carbonyl (C=O) groups is 1. The average molecular weight is 261 g/mol. The number of likely N-dealkylation sites (tertiary alicyclic amines) is 1. The molecule has 0 aromatic heterocycles. The molecule has 0 radical (unpaired) electrons. The van der Waals surface area contributed by atoms with E-state index in [4.69, 9.17) is 0 Å². The molecule has 1 aliphatic heterocycles. The molecular weight excluding hydrogens is 238 g/mol. The molecule has 1 unspecified atom stereocenters. The highest BCUT2D eigenvalue weighted by Gasteiger charge is 2.25. The van der Waals surface area contributed by atoms with Crippen molar-refractivity contribution < 1.29 is 9.90 Å². The maximum Gasteiger partial charge on any atom is 0.312 e. The van der Waals surface area contributed by atoms with Gasteiger partial charge in [0.2, 0.25) is 0 Å². The zero-order valence-corrected chi connectivity index (χ0v) is 11.9. The van der Waals surface area contributed by atoms with Gasteiger partial charge in [-0.1, -0.05) is 30.2 Å². The molecule has 3 heteroatoms. The minimum absolute atomic E-state index is 0.404. The first-order chi connectivity index (χ1) is 9.08. The molecule has 0 aliphatic carbocycles. The van der Waals surface area contributed by atoms with Crippen LogP contribution in [0.25, 0.3) is 0 Å². The molecule has 104 valence electrons. The summed E-state index contributed by atoms with van der Waals surface area (Å²) in [5, 5.41) is 9.52. The van der Waals surface area contributed by atoms with Gasteiger partial charge in [-0.3, -0.25) is 4.79 Å². The van der Waals surface area contributed by atoms with E-state index in [1.54, 1.807) is 0 Å². The van der Waals surface area contributed by atoms with Gasteiger partial charge in [0.05, 0.1) is 5.92 Å². The number of benzene rings is 1. The van der Waals surface area contributed by atoms with Crippen molar-refractivity contribution in [1.29, 1.82) is 0 Å². The fourth-order valence-corrected chi connectivity index (χ4v) is 2.93. The highest BCUT2D eigenvalue weighted by molar-refractivity contribution is 5.77. The minimum atomic E-state index is -0.711. The van der Waals surface area contributed by atoms with Crippen molar-refractivity contribution in [3.63, 3.8) is 0 Å². The Hall–Kier alpha value is -1.35. The van der Waals surface area contributed by atoms with E-state index in [2.05, 4.69) is 11.0 Å². The number of rotatable bonds is 4. The molecule has 1 N–H and O–H groups in total. The first-order valence-corrected chi connectivity index (χ1v) is 7.10. The van der Waals surface area contributed by atoms with E-state index in [9.17, 15) is 9.90 Å². The third kappa shape index (κ3) is 3.57. The van der Waals surface area contributed by atoms with Gasteiger partial charge in [-0.15, -0.1) is 0 Å². The van der Waals surface area contributed by atoms with Crippen molar-refractivity contribution in [3.8, 4) is 0 Å². The second-order valence-electron chi connectivity index (χ2n) is 5.61. The van der Waals surface area contributed by atoms with Crippen LogP contribution < -0.4 is 0 Å². The van der Waals surface area contributed by atoms with Crippen LogP contribution in [0.15, 0.2) is 18.2 Å². The molecular formula is C16H23NO2. The Labute approximate surface area is 115 Å². The number of aliphatic carboxylic acids is 1. The molecule has 0 spiro atoms. The van der Waals surface area contributed by atoms with Crippen LogP contribution in [-0.4, -0.2) is 35.6 Å². The lowest BCUT2D eigenvalue weighted by molar-refractivity contribution is -0.139. The van der Waals surface area contributed by atoms with Crippen molar-refractivity contribution in [3.05, 3.63) is 34.9 Å². The number of aryl methyl sites for hydroxylation is 2. The lowest BCUT2D eigenvalue weighted by Gasteiger charge is -2.29. The smallest absolute Gasteiger partial charge is 0.312 e. The normalized spacial score (nSPS) is 18.2. The number of nitrogens with zero attached hydrogens (tertiary/aromatic N) is 1. The van der Waals surface area contributed by atoms with Crippen molar-refractivity contribution in [1.82, 2.24) is 4.90 Å². The fourth-order valence-electron chi connectivity index (χ4n) is 2.93. The Morgan fingerprint density at radius 1 is 1.26 bits per heavy atom. The van der Waals surface area contributed by atoms with E-state index in [0.717, 1.165) is 24.2 Å². The van der Waals surface area contributed by atoms with Crippen LogP contribution in [0.4, 0.5) is 0 Å². The molecule has 19 heavy (non-hydrogen) atoms. The summed E-state index contributed by atoms with van der Waals surface area (Å²) in [6.07, 6.45) is 3.66. The molecule has 1 atom stereocenters. The maximum absolute atomic E-state index is 11.6. The van der Waals surface area contributed by atoms with Gasteiger partial charge in [0.1, 0.15) is 0 Å². The molecule has 2 rings (SSSR count). The van der Waals surface area contributed by atoms with Crippen LogP contribution in [0.5, 0.6) is 0 Å². The lowest BCUT2D eigenvalue weighted by Crippen LogP contribution is -2.36. The molecule has 3 nitrogen and oxygen atoms in total. The Bertz CT molecular complexity index is 450. The SMILES string of the molecule is Cc1ccc(C(CN2CCCCC2)C(=O)O)c(C)c1. The van der Waals surface area contributed by atoms with Crippen molar-refractivity contribution in [2.24, 2.45) is 0 Å². The van der Waals surface area contributed by atoms with Crippen LogP contribution in [0.2, 0.25) is 0 Å². The molecule has 1 aromatic carbocycles. The summed E-state index contributed by atoms with van der Waals surface area (Å²) in [6.45, 7) is 6.76. The second kappa shape index (κ2) is 6.20. The van der Waals surface area contributed by atoms with E-state index < -0.39 is 11.9 Å². The molecule has 1 heterocycles. The van der Waals surface area contributed by atoms with Crippen LogP contribution in [0.3, 0.4) is 0 Å². The zero-order chi connectivity index (χ0) is 13.8. The number of hydrogen-bond acceptors (Lipinski definition) is 2. The summed E-state index contributed by atoms with van der Waals surface area (Å²) < 4.78 is 0. The monoisotopic (exact) mass is 261 g/mol. The predicted octanol–water partition coefficient (Wildman–Crippen LogP) is 2.96. The van der Waals surface area contributed by atoms with Crippen molar-refractivity contribution in [2.75, 3.05) is 19.6 Å². The van der Waals surface area contributed by atoms with Crippen LogP contribution >= 0.6 is 0 Å². The Balaban J connectivity index is 2.17. The van der Waals surface area contributed by atoms with E-state index in [1.165, 1.54) is 24.8 Å². The van der Waals surface area contributed by atoms with Gasteiger partial charge >= 0.3 is 5.97 Å². The molecule has 0 bridgehead atoms. The zero-order valence-electron chi connectivity index (χ0n) is 11.9. The number of hydrogen-bond donors (Lipinski definition) is 1. The molecule has 1 aliphatic rings. The fraction of sp³-hybridized carbons (Fsp3) is 0.562. The topological polar surface area (TPSA) is 40.5 Å². The Morgan fingerprint density at radius 2 is 1.95 bits per heavy atom. The third-order valence-corrected chi connectivity index (χ3v) is 3.99. The largest absolute Gasteiger partial charge is 0.481 e. The first-order valence-electron chi connectivity index (χ1n) is 7.10. The third-order valence-electron chi connectivity index (χ3n) is 3.99. The highest BCUT2D eigenvalue weighted by atomic mass is 16.4. The molecule has 1 fully saturated rings. The number of carboxylic acids is 1. The van der Waals surface area contributed by atoms with Crippen LogP contribution in [0, 0.1) is 13.8 Å². The number of piperidine rings is 1. The summed E-state index contributed by atoms with van der Waals surface area (Å²) in [7, 11) is 0. The van der Waals surface area contributed by atoms with Crippen LogP contribution in [0.1, 0.15) is 41.9 Å². The van der Waals surface area contributed by atoms with Crippen molar-refractivity contribution >= 4 is 5.97 Å². The van der Waals surface area contributed by atoms with Gasteiger partial charge < -0.3 is 10.0 Å². The van der Waals surface area contributed by atoms with Gasteiger partial charge in [-0.2, -0.15) is 0 Å². The maximum atomic E-state index is 11.6. The lowest BCUT2D eigenvalue weighted by atomic mass is 9.92. The van der Waals surface area contributed by atoms with Gasteiger partial charge in [0, 0.05) is 6.54 Å². The highest BCUT2D eigenvalue weighted by Crippen LogP contribution is 2.24. The standard InChI is InChI=1S/C16H23NO2/c1-12-6-7-14(13(2)10-12)15(16(18)19)11-17-8-4-3-5-9-17/h6-7,10,15H,3-5,8-9,11H2,1-2H3,(H,18,19). The summed E-state index contributed by atoms with van der Waals surface area (Å²) in [4.78, 5) is 13.9. The average Bonchev–Trinajstić information content (AvgIpc) is 2.38. The van der Waals surface area contributed by atoms with Crippen LogP contribution in [-0.2, 0) is 4.79 Å². The molecule has 0 saturated carbocycles. The van der Waals surface area contributed by atoms with E-state index in [-0.39, 0.29) is 0 Å². The summed E-state index contributed by atoms with van der Waals surface area (Å²) in [5.41, 5.74) is 3.23. The van der Waals surface area contributed by atoms with Gasteiger partial charge in [0.15, 0.2) is 0 Å². The van der Waals surface area contributed by atoms with E-state index >= 15 is 0 Å². The molecule has 1 aromatic rings. The Morgan fingerprint density at radius 3 is 2.53 bits per heavy atom. The molecule has 1 saturated heterocycles. The summed E-state index contributed by atoms with van der Waals surface area (Å²) in [6, 6.07) is 6.06. The van der Waals surface area contributed by atoms with Crippen molar-refractivity contribution in [2.45, 2.75) is 39.0 Å².